The van der Waals surface area contributed by atoms with Crippen molar-refractivity contribution >= 4 is 11.8 Å². The molecule has 3 heteroatoms. The van der Waals surface area contributed by atoms with Gasteiger partial charge in [0.05, 0.1) is 0 Å². The first kappa shape index (κ1) is 15.3. The number of nitrogens with zero attached hydrogens (tertiary/aromatic N) is 1. The number of hydrogen-bond donors (Lipinski definition) is 1. The van der Waals surface area contributed by atoms with E-state index in [9.17, 15) is 0 Å². The van der Waals surface area contributed by atoms with Gasteiger partial charge in [-0.1, -0.05) is 20.8 Å². The molecular formula is C12H28N2S. The van der Waals surface area contributed by atoms with Gasteiger partial charge in [0, 0.05) is 12.3 Å². The van der Waals surface area contributed by atoms with Gasteiger partial charge in [-0.15, -0.1) is 0 Å². The zero-order valence-electron chi connectivity index (χ0n) is 10.7. The topological polar surface area (TPSA) is 15.3 Å². The first-order valence-electron chi connectivity index (χ1n) is 6.35. The van der Waals surface area contributed by atoms with E-state index in [1.807, 2.05) is 0 Å². The molecule has 0 bridgehead atoms. The third-order valence-corrected chi connectivity index (χ3v) is 3.56. The van der Waals surface area contributed by atoms with Crippen molar-refractivity contribution in [2.24, 2.45) is 0 Å². The third kappa shape index (κ3) is 10.6. The molecule has 0 saturated heterocycles. The summed E-state index contributed by atoms with van der Waals surface area (Å²) in [4.78, 5) is 2.49. The molecule has 1 N–H and O–H groups in total. The highest BCUT2D eigenvalue weighted by Gasteiger charge is 1.97. The van der Waals surface area contributed by atoms with E-state index in [0.717, 1.165) is 0 Å². The molecule has 0 fully saturated rings. The summed E-state index contributed by atoms with van der Waals surface area (Å²) < 4.78 is 0. The Kier molecular flexibility index (Phi) is 12.6. The van der Waals surface area contributed by atoms with Gasteiger partial charge < -0.3 is 10.2 Å². The first-order valence-corrected chi connectivity index (χ1v) is 7.51. The Balaban J connectivity index is 3.04. The van der Waals surface area contributed by atoms with Crippen molar-refractivity contribution in [1.29, 1.82) is 0 Å². The average molecular weight is 232 g/mol. The van der Waals surface area contributed by atoms with Crippen molar-refractivity contribution in [2.75, 3.05) is 44.2 Å². The molecule has 0 aliphatic heterocycles. The maximum Gasteiger partial charge on any atom is 0.00721 e. The van der Waals surface area contributed by atoms with Gasteiger partial charge in [0.25, 0.3) is 0 Å². The van der Waals surface area contributed by atoms with E-state index in [1.54, 1.807) is 0 Å². The molecule has 0 aliphatic rings. The van der Waals surface area contributed by atoms with Crippen LogP contribution in [0.3, 0.4) is 0 Å². The van der Waals surface area contributed by atoms with Crippen LogP contribution in [0.1, 0.15) is 33.6 Å². The number of rotatable bonds is 11. The zero-order valence-corrected chi connectivity index (χ0v) is 11.5. The summed E-state index contributed by atoms with van der Waals surface area (Å²) in [6.07, 6.45) is 2.55. The van der Waals surface area contributed by atoms with Crippen LogP contribution in [0, 0.1) is 0 Å². The predicted molar refractivity (Wildman–Crippen MR) is 72.9 cm³/mol. The van der Waals surface area contributed by atoms with Gasteiger partial charge in [0.1, 0.15) is 0 Å². The summed E-state index contributed by atoms with van der Waals surface area (Å²) in [5.41, 5.74) is 0. The summed E-state index contributed by atoms with van der Waals surface area (Å²) >= 11 is 2.09. The van der Waals surface area contributed by atoms with Gasteiger partial charge in [-0.25, -0.2) is 0 Å². The van der Waals surface area contributed by atoms with Crippen LogP contribution < -0.4 is 5.32 Å². The van der Waals surface area contributed by atoms with E-state index >= 15 is 0 Å². The quantitative estimate of drug-likeness (QED) is 0.551. The van der Waals surface area contributed by atoms with Crippen LogP contribution in [0.25, 0.3) is 0 Å². The van der Waals surface area contributed by atoms with Crippen LogP contribution in [-0.4, -0.2) is 49.1 Å². The highest BCUT2D eigenvalue weighted by Crippen LogP contribution is 2.02. The Bertz CT molecular complexity index is 116. The number of nitrogens with one attached hydrogen (secondary N) is 1. The van der Waals surface area contributed by atoms with Crippen LogP contribution in [0.2, 0.25) is 0 Å². The minimum Gasteiger partial charge on any atom is -0.317 e. The van der Waals surface area contributed by atoms with Gasteiger partial charge in [0.15, 0.2) is 0 Å². The van der Waals surface area contributed by atoms with E-state index in [-0.39, 0.29) is 0 Å². The van der Waals surface area contributed by atoms with Gasteiger partial charge >= 0.3 is 0 Å². The van der Waals surface area contributed by atoms with E-state index < -0.39 is 0 Å². The maximum atomic E-state index is 3.43. The first-order chi connectivity index (χ1) is 7.35. The van der Waals surface area contributed by atoms with Gasteiger partial charge in [-0.3, -0.25) is 0 Å². The van der Waals surface area contributed by atoms with E-state index in [4.69, 9.17) is 0 Å². The minimum absolute atomic E-state index is 1.17. The van der Waals surface area contributed by atoms with Crippen molar-refractivity contribution < 1.29 is 0 Å². The molecule has 0 amide bonds. The van der Waals surface area contributed by atoms with Crippen molar-refractivity contribution in [3.05, 3.63) is 0 Å². The lowest BCUT2D eigenvalue weighted by atomic mass is 10.4. The van der Waals surface area contributed by atoms with Crippen molar-refractivity contribution in [3.63, 3.8) is 0 Å². The van der Waals surface area contributed by atoms with Gasteiger partial charge in [0.2, 0.25) is 0 Å². The van der Waals surface area contributed by atoms with Crippen LogP contribution in [0.15, 0.2) is 0 Å². The molecule has 0 spiro atoms. The monoisotopic (exact) mass is 232 g/mol. The lowest BCUT2D eigenvalue weighted by Gasteiger charge is -2.17. The Morgan fingerprint density at radius 2 is 1.73 bits per heavy atom. The lowest BCUT2D eigenvalue weighted by molar-refractivity contribution is 0.324. The summed E-state index contributed by atoms with van der Waals surface area (Å²) in [5, 5.41) is 3.43. The van der Waals surface area contributed by atoms with E-state index in [2.05, 4.69) is 42.7 Å². The largest absolute Gasteiger partial charge is 0.317 e. The molecule has 0 aromatic heterocycles. The summed E-state index contributed by atoms with van der Waals surface area (Å²) in [6, 6.07) is 0. The lowest BCUT2D eigenvalue weighted by Crippen LogP contribution is -2.25. The molecule has 0 unspecified atom stereocenters. The van der Waals surface area contributed by atoms with Crippen molar-refractivity contribution in [2.45, 2.75) is 33.6 Å². The molecule has 0 aromatic carbocycles. The van der Waals surface area contributed by atoms with Crippen LogP contribution >= 0.6 is 11.8 Å². The van der Waals surface area contributed by atoms with Crippen LogP contribution in [-0.2, 0) is 0 Å². The van der Waals surface area contributed by atoms with Gasteiger partial charge in [-0.05, 0) is 44.8 Å². The SMILES string of the molecule is CCCNCCCSCCN(CC)CC. The Morgan fingerprint density at radius 1 is 1.00 bits per heavy atom. The molecule has 0 aromatic rings. The molecule has 0 rings (SSSR count). The molecule has 15 heavy (non-hydrogen) atoms. The maximum absolute atomic E-state index is 3.43. The summed E-state index contributed by atoms with van der Waals surface area (Å²) in [6.45, 7) is 12.7. The molecule has 0 atom stereocenters. The fourth-order valence-corrected chi connectivity index (χ4v) is 2.38. The standard InChI is InChI=1S/C12H28N2S/c1-4-8-13-9-7-11-15-12-10-14(5-2)6-3/h13H,4-12H2,1-3H3. The summed E-state index contributed by atoms with van der Waals surface area (Å²) in [5.74, 6) is 2.59. The van der Waals surface area contributed by atoms with Crippen LogP contribution in [0.4, 0.5) is 0 Å². The molecule has 0 heterocycles. The fraction of sp³-hybridized carbons (Fsp3) is 1.00. The molecule has 0 radical (unpaired) electrons. The average Bonchev–Trinajstić information content (AvgIpc) is 2.27. The summed E-state index contributed by atoms with van der Waals surface area (Å²) in [7, 11) is 0. The zero-order chi connectivity index (χ0) is 11.4. The highest BCUT2D eigenvalue weighted by atomic mass is 32.2. The molecule has 2 nitrogen and oxygen atoms in total. The minimum atomic E-state index is 1.17. The smallest absolute Gasteiger partial charge is 0.00721 e. The Morgan fingerprint density at radius 3 is 2.33 bits per heavy atom. The Labute approximate surface area is 100 Å². The van der Waals surface area contributed by atoms with Crippen molar-refractivity contribution in [1.82, 2.24) is 10.2 Å². The molecule has 0 saturated carbocycles. The fourth-order valence-electron chi connectivity index (χ4n) is 1.44. The third-order valence-electron chi connectivity index (χ3n) is 2.52. The van der Waals surface area contributed by atoms with E-state index in [1.165, 1.54) is 57.1 Å². The normalized spacial score (nSPS) is 11.2. The number of thioether (sulfide) groups is 1. The Hall–Kier alpha value is 0.270. The second kappa shape index (κ2) is 12.3. The predicted octanol–water partition coefficient (Wildman–Crippen LogP) is 2.45. The molecule has 0 aliphatic carbocycles. The van der Waals surface area contributed by atoms with E-state index in [0.29, 0.717) is 0 Å². The van der Waals surface area contributed by atoms with Crippen molar-refractivity contribution in [3.8, 4) is 0 Å². The molecule has 92 valence electrons. The second-order valence-electron chi connectivity index (χ2n) is 3.74. The number of hydrogen-bond acceptors (Lipinski definition) is 3. The second-order valence-corrected chi connectivity index (χ2v) is 4.97. The van der Waals surface area contributed by atoms with Gasteiger partial charge in [-0.2, -0.15) is 11.8 Å². The molecular weight excluding hydrogens is 204 g/mol. The highest BCUT2D eigenvalue weighted by molar-refractivity contribution is 7.99. The van der Waals surface area contributed by atoms with Crippen LogP contribution in [0.5, 0.6) is 0 Å².